The smallest absolute Gasteiger partial charge is 0.136 e. The topological polar surface area (TPSA) is 21.3 Å². The molecule has 13 rings (SSSR count). The van der Waals surface area contributed by atoms with Crippen LogP contribution in [0.25, 0.3) is 104 Å². The van der Waals surface area contributed by atoms with Crippen molar-refractivity contribution in [2.45, 2.75) is 0 Å². The summed E-state index contributed by atoms with van der Waals surface area (Å²) in [5, 5.41) is 9.67. The second kappa shape index (κ2) is 15.0. The van der Waals surface area contributed by atoms with E-state index in [1.54, 1.807) is 0 Å². The lowest BCUT2D eigenvalue weighted by molar-refractivity contribution is 0.669. The Morgan fingerprint density at radius 3 is 1.55 bits per heavy atom. The van der Waals surface area contributed by atoms with E-state index in [4.69, 9.17) is 4.42 Å². The van der Waals surface area contributed by atoms with Crippen LogP contribution >= 0.6 is 0 Å². The summed E-state index contributed by atoms with van der Waals surface area (Å²) in [5.74, 6) is 0. The van der Waals surface area contributed by atoms with Gasteiger partial charge in [0.05, 0.1) is 11.0 Å². The summed E-state index contributed by atoms with van der Waals surface area (Å²) in [6.07, 6.45) is 0. The molecule has 0 spiro atoms. The van der Waals surface area contributed by atoms with E-state index in [-0.39, 0.29) is 0 Å². The zero-order valence-electron chi connectivity index (χ0n) is 35.4. The van der Waals surface area contributed by atoms with Crippen LogP contribution in [0.2, 0.25) is 0 Å². The summed E-state index contributed by atoms with van der Waals surface area (Å²) in [6.45, 7) is 0. The van der Waals surface area contributed by atoms with E-state index in [0.29, 0.717) is 0 Å². The van der Waals surface area contributed by atoms with Crippen molar-refractivity contribution in [3.05, 3.63) is 243 Å². The lowest BCUT2D eigenvalue weighted by atomic mass is 9.96. The summed E-state index contributed by atoms with van der Waals surface area (Å²) in [4.78, 5) is 2.38. The molecule has 0 fully saturated rings. The van der Waals surface area contributed by atoms with Crippen LogP contribution in [0, 0.1) is 0 Å². The first-order chi connectivity index (χ1) is 32.2. The third kappa shape index (κ3) is 6.28. The average molecular weight is 829 g/mol. The van der Waals surface area contributed by atoms with Gasteiger partial charge in [-0.2, -0.15) is 0 Å². The monoisotopic (exact) mass is 828 g/mol. The van der Waals surface area contributed by atoms with Gasteiger partial charge in [-0.3, -0.25) is 0 Å². The number of nitrogens with zero attached hydrogens (tertiary/aromatic N) is 2. The van der Waals surface area contributed by atoms with E-state index in [1.165, 1.54) is 65.6 Å². The Labute approximate surface area is 376 Å². The normalized spacial score (nSPS) is 11.7. The summed E-state index contributed by atoms with van der Waals surface area (Å²) < 4.78 is 8.63. The number of aromatic nitrogens is 1. The molecule has 0 amide bonds. The molecule has 304 valence electrons. The van der Waals surface area contributed by atoms with E-state index < -0.39 is 0 Å². The Morgan fingerprint density at radius 2 is 0.785 bits per heavy atom. The first-order valence-electron chi connectivity index (χ1n) is 22.2. The molecule has 0 radical (unpaired) electrons. The highest BCUT2D eigenvalue weighted by atomic mass is 16.3. The minimum atomic E-state index is 0.910. The molecule has 0 unspecified atom stereocenters. The molecule has 0 atom stereocenters. The van der Waals surface area contributed by atoms with Gasteiger partial charge in [0, 0.05) is 44.3 Å². The van der Waals surface area contributed by atoms with Gasteiger partial charge in [-0.05, 0) is 140 Å². The van der Waals surface area contributed by atoms with Gasteiger partial charge >= 0.3 is 0 Å². The van der Waals surface area contributed by atoms with Crippen molar-refractivity contribution >= 4 is 82.4 Å². The van der Waals surface area contributed by atoms with Crippen molar-refractivity contribution in [3.8, 4) is 39.1 Å². The maximum atomic E-state index is 6.24. The van der Waals surface area contributed by atoms with Crippen LogP contribution < -0.4 is 4.90 Å². The average Bonchev–Trinajstić information content (AvgIpc) is 3.92. The number of hydrogen-bond acceptors (Lipinski definition) is 2. The predicted molar refractivity (Wildman–Crippen MR) is 274 cm³/mol. The van der Waals surface area contributed by atoms with Crippen molar-refractivity contribution in [1.82, 2.24) is 4.57 Å². The zero-order chi connectivity index (χ0) is 42.8. The van der Waals surface area contributed by atoms with Crippen molar-refractivity contribution in [1.29, 1.82) is 0 Å². The fraction of sp³-hybridized carbons (Fsp3) is 0. The molecule has 0 saturated heterocycles. The van der Waals surface area contributed by atoms with Gasteiger partial charge in [0.25, 0.3) is 0 Å². The second-order valence-corrected chi connectivity index (χ2v) is 16.9. The molecule has 0 N–H and O–H groups in total. The molecule has 3 nitrogen and oxygen atoms in total. The molecule has 2 aromatic heterocycles. The van der Waals surface area contributed by atoms with E-state index in [9.17, 15) is 0 Å². The third-order valence-electron chi connectivity index (χ3n) is 13.1. The van der Waals surface area contributed by atoms with Gasteiger partial charge < -0.3 is 13.9 Å². The van der Waals surface area contributed by atoms with Gasteiger partial charge in [0.1, 0.15) is 11.2 Å². The molecule has 0 bridgehead atoms. The number of benzene rings is 11. The van der Waals surface area contributed by atoms with Crippen molar-refractivity contribution in [2.75, 3.05) is 4.90 Å². The molecular weight excluding hydrogens is 789 g/mol. The standard InChI is InChI=1S/C62H40N2O/c1-2-12-41(13-3-1)43-14-10-16-50(37-43)63(49-30-26-42(27-31-49)44-15-11-17-51(38-44)64-59-21-7-4-18-55(59)56-19-5-8-22-60(56)64)52-32-35-54-48(39-52)25-24-47-36-45(28-33-53(47)54)46-29-34-58-57-20-6-9-23-61(57)65-62(58)40-46/h1-40H. The van der Waals surface area contributed by atoms with Crippen LogP contribution in [-0.2, 0) is 0 Å². The van der Waals surface area contributed by atoms with Gasteiger partial charge in [-0.1, -0.05) is 158 Å². The van der Waals surface area contributed by atoms with E-state index in [1.807, 2.05) is 12.1 Å². The second-order valence-electron chi connectivity index (χ2n) is 16.9. The Balaban J connectivity index is 0.881. The molecule has 13 aromatic rings. The third-order valence-corrected chi connectivity index (χ3v) is 13.1. The molecule has 3 heteroatoms. The van der Waals surface area contributed by atoms with Crippen LogP contribution in [0.1, 0.15) is 0 Å². The fourth-order valence-corrected chi connectivity index (χ4v) is 10.0. The fourth-order valence-electron chi connectivity index (χ4n) is 10.0. The number of fused-ring (bicyclic) bond motifs is 9. The minimum Gasteiger partial charge on any atom is -0.456 e. The summed E-state index contributed by atoms with van der Waals surface area (Å²) >= 11 is 0. The maximum Gasteiger partial charge on any atom is 0.136 e. The van der Waals surface area contributed by atoms with Crippen LogP contribution in [0.4, 0.5) is 17.1 Å². The molecule has 11 aromatic carbocycles. The molecule has 0 saturated carbocycles. The molecule has 2 heterocycles. The highest BCUT2D eigenvalue weighted by Crippen LogP contribution is 2.41. The van der Waals surface area contributed by atoms with Gasteiger partial charge in [-0.15, -0.1) is 0 Å². The zero-order valence-corrected chi connectivity index (χ0v) is 35.4. The Kier molecular flexibility index (Phi) is 8.53. The SMILES string of the molecule is c1ccc(-c2cccc(N(c3ccc(-c4cccc(-n5c6ccccc6c6ccccc65)c4)cc3)c3ccc4c(ccc5cc(-c6ccc7c(c6)oc6ccccc67)ccc54)c3)c2)cc1. The van der Waals surface area contributed by atoms with E-state index in [2.05, 4.69) is 240 Å². The Morgan fingerprint density at radius 1 is 0.277 bits per heavy atom. The first kappa shape index (κ1) is 36.9. The van der Waals surface area contributed by atoms with Crippen LogP contribution in [0.15, 0.2) is 247 Å². The molecule has 0 aliphatic rings. The van der Waals surface area contributed by atoms with Gasteiger partial charge in [0.2, 0.25) is 0 Å². The lowest BCUT2D eigenvalue weighted by Crippen LogP contribution is -2.10. The predicted octanol–water partition coefficient (Wildman–Crippen LogP) is 17.5. The first-order valence-corrected chi connectivity index (χ1v) is 22.2. The molecule has 0 aliphatic heterocycles. The summed E-state index contributed by atoms with van der Waals surface area (Å²) in [6, 6.07) is 87.8. The maximum absolute atomic E-state index is 6.24. The highest BCUT2D eigenvalue weighted by Gasteiger charge is 2.17. The van der Waals surface area contributed by atoms with Crippen LogP contribution in [-0.4, -0.2) is 4.57 Å². The van der Waals surface area contributed by atoms with Crippen molar-refractivity contribution in [2.24, 2.45) is 0 Å². The molecule has 65 heavy (non-hydrogen) atoms. The highest BCUT2D eigenvalue weighted by molar-refractivity contribution is 6.11. The Hall–Kier alpha value is -8.66. The number of furan rings is 1. The van der Waals surface area contributed by atoms with E-state index in [0.717, 1.165) is 55.8 Å². The van der Waals surface area contributed by atoms with Crippen molar-refractivity contribution in [3.63, 3.8) is 0 Å². The van der Waals surface area contributed by atoms with E-state index >= 15 is 0 Å². The molecule has 0 aliphatic carbocycles. The summed E-state index contributed by atoms with van der Waals surface area (Å²) in [5.41, 5.74) is 15.7. The van der Waals surface area contributed by atoms with Crippen molar-refractivity contribution < 1.29 is 4.42 Å². The quantitative estimate of drug-likeness (QED) is 0.149. The largest absolute Gasteiger partial charge is 0.456 e. The number of rotatable bonds is 7. The van der Waals surface area contributed by atoms with Gasteiger partial charge in [0.15, 0.2) is 0 Å². The van der Waals surface area contributed by atoms with Crippen LogP contribution in [0.3, 0.4) is 0 Å². The van der Waals surface area contributed by atoms with Crippen LogP contribution in [0.5, 0.6) is 0 Å². The molecular formula is C62H40N2O. The minimum absolute atomic E-state index is 0.910. The Bertz CT molecular complexity index is 3900. The number of para-hydroxylation sites is 3. The number of anilines is 3. The summed E-state index contributed by atoms with van der Waals surface area (Å²) in [7, 11) is 0. The lowest BCUT2D eigenvalue weighted by Gasteiger charge is -2.27. The van der Waals surface area contributed by atoms with Gasteiger partial charge in [-0.25, -0.2) is 0 Å². The number of hydrogen-bond donors (Lipinski definition) is 0.